The molecule has 0 aliphatic carbocycles. The molecule has 7 heteroatoms. The molecule has 0 aliphatic heterocycles. The van der Waals surface area contributed by atoms with E-state index in [0.717, 1.165) is 5.56 Å². The molecule has 172 valence electrons. The average Bonchev–Trinajstić information content (AvgIpc) is 2.78. The Balaban J connectivity index is 2.11. The Kier molecular flexibility index (Phi) is 9.73. The summed E-state index contributed by atoms with van der Waals surface area (Å²) in [6, 6.07) is 14.4. The zero-order chi connectivity index (χ0) is 23.5. The van der Waals surface area contributed by atoms with E-state index in [-0.39, 0.29) is 18.4 Å². The third-order valence-electron chi connectivity index (χ3n) is 4.83. The minimum absolute atomic E-state index is 0.193. The smallest absolute Gasteiger partial charge is 0.328 e. The number of ether oxygens (including phenoxy) is 2. The monoisotopic (exact) mass is 440 g/mol. The van der Waals surface area contributed by atoms with Crippen LogP contribution in [0, 0.1) is 5.92 Å². The van der Waals surface area contributed by atoms with Gasteiger partial charge in [0, 0.05) is 12.0 Å². The first-order valence-electron chi connectivity index (χ1n) is 10.9. The van der Waals surface area contributed by atoms with Crippen LogP contribution < -0.4 is 15.4 Å². The van der Waals surface area contributed by atoms with Crippen LogP contribution in [0.3, 0.4) is 0 Å². The topological polar surface area (TPSA) is 93.7 Å². The predicted molar refractivity (Wildman–Crippen MR) is 122 cm³/mol. The van der Waals surface area contributed by atoms with Gasteiger partial charge in [-0.2, -0.15) is 0 Å². The van der Waals surface area contributed by atoms with Gasteiger partial charge in [-0.15, -0.1) is 0 Å². The normalized spacial score (nSPS) is 12.5. The van der Waals surface area contributed by atoms with Crippen LogP contribution in [0.15, 0.2) is 54.6 Å². The zero-order valence-corrected chi connectivity index (χ0v) is 19.1. The van der Waals surface area contributed by atoms with Crippen LogP contribution in [-0.2, 0) is 20.7 Å². The summed E-state index contributed by atoms with van der Waals surface area (Å²) < 4.78 is 10.5. The highest BCUT2D eigenvalue weighted by Crippen LogP contribution is 2.13. The lowest BCUT2D eigenvalue weighted by molar-refractivity contribution is -0.147. The number of amides is 2. The molecule has 0 aliphatic rings. The van der Waals surface area contributed by atoms with Gasteiger partial charge in [-0.05, 0) is 49.6 Å². The molecule has 2 aromatic carbocycles. The third-order valence-corrected chi connectivity index (χ3v) is 4.83. The lowest BCUT2D eigenvalue weighted by Gasteiger charge is -2.25. The second-order valence-corrected chi connectivity index (χ2v) is 7.66. The summed E-state index contributed by atoms with van der Waals surface area (Å²) in [6.07, 6.45) is 0.295. The fraction of sp³-hybridized carbons (Fsp3) is 0.400. The van der Waals surface area contributed by atoms with E-state index in [1.165, 1.54) is 0 Å². The van der Waals surface area contributed by atoms with E-state index in [1.54, 1.807) is 31.2 Å². The molecule has 7 nitrogen and oxygen atoms in total. The maximum atomic E-state index is 13.0. The molecule has 0 radical (unpaired) electrons. The Hall–Kier alpha value is -3.35. The highest BCUT2D eigenvalue weighted by atomic mass is 16.5. The first kappa shape index (κ1) is 24.9. The SMILES string of the molecule is CCOC(=O)C(Cc1ccccc1)NC(=O)C(NC(=O)c1ccc(OCC)cc1)C(C)C. The molecule has 0 spiro atoms. The standard InChI is InChI=1S/C25H32N2O5/c1-5-31-20-14-12-19(13-15-20)23(28)27-22(17(3)4)24(29)26-21(25(30)32-6-2)16-18-10-8-7-9-11-18/h7-15,17,21-22H,5-6,16H2,1-4H3,(H,26,29)(H,27,28). The van der Waals surface area contributed by atoms with E-state index < -0.39 is 24.0 Å². The highest BCUT2D eigenvalue weighted by Gasteiger charge is 2.29. The molecule has 2 atom stereocenters. The highest BCUT2D eigenvalue weighted by molar-refractivity contribution is 5.98. The molecular formula is C25H32N2O5. The summed E-state index contributed by atoms with van der Waals surface area (Å²) in [6.45, 7) is 8.01. The van der Waals surface area contributed by atoms with Crippen molar-refractivity contribution >= 4 is 17.8 Å². The fourth-order valence-corrected chi connectivity index (χ4v) is 3.18. The molecule has 0 saturated heterocycles. The van der Waals surface area contributed by atoms with Crippen molar-refractivity contribution in [2.45, 2.75) is 46.2 Å². The van der Waals surface area contributed by atoms with Gasteiger partial charge in [0.1, 0.15) is 17.8 Å². The first-order valence-corrected chi connectivity index (χ1v) is 10.9. The summed E-state index contributed by atoms with van der Waals surface area (Å²) >= 11 is 0. The molecule has 0 fully saturated rings. The molecule has 2 N–H and O–H groups in total. The summed E-state index contributed by atoms with van der Waals surface area (Å²) in [4.78, 5) is 38.2. The second-order valence-electron chi connectivity index (χ2n) is 7.66. The third kappa shape index (κ3) is 7.41. The van der Waals surface area contributed by atoms with Crippen LogP contribution in [0.2, 0.25) is 0 Å². The predicted octanol–water partition coefficient (Wildman–Crippen LogP) is 3.13. The van der Waals surface area contributed by atoms with Crippen LogP contribution in [0.25, 0.3) is 0 Å². The molecule has 0 heterocycles. The summed E-state index contributed by atoms with van der Waals surface area (Å²) in [7, 11) is 0. The number of esters is 1. The van der Waals surface area contributed by atoms with Gasteiger partial charge in [0.05, 0.1) is 13.2 Å². The Bertz CT molecular complexity index is 881. The van der Waals surface area contributed by atoms with E-state index in [4.69, 9.17) is 9.47 Å². The number of rotatable bonds is 11. The Morgan fingerprint density at radius 3 is 2.09 bits per heavy atom. The van der Waals surface area contributed by atoms with Crippen molar-refractivity contribution in [3.05, 3.63) is 65.7 Å². The fourth-order valence-electron chi connectivity index (χ4n) is 3.18. The van der Waals surface area contributed by atoms with Gasteiger partial charge in [0.15, 0.2) is 0 Å². The maximum Gasteiger partial charge on any atom is 0.328 e. The van der Waals surface area contributed by atoms with Gasteiger partial charge >= 0.3 is 5.97 Å². The van der Waals surface area contributed by atoms with Crippen LogP contribution >= 0.6 is 0 Å². The maximum absolute atomic E-state index is 13.0. The van der Waals surface area contributed by atoms with Crippen LogP contribution in [0.4, 0.5) is 0 Å². The van der Waals surface area contributed by atoms with Crippen molar-refractivity contribution in [3.63, 3.8) is 0 Å². The number of nitrogens with one attached hydrogen (secondary N) is 2. The second kappa shape index (κ2) is 12.5. The zero-order valence-electron chi connectivity index (χ0n) is 19.1. The number of carbonyl (C=O) groups excluding carboxylic acids is 3. The molecule has 0 aromatic heterocycles. The lowest BCUT2D eigenvalue weighted by atomic mass is 10.0. The van der Waals surface area contributed by atoms with Gasteiger partial charge in [0.2, 0.25) is 5.91 Å². The van der Waals surface area contributed by atoms with Crippen molar-refractivity contribution in [1.82, 2.24) is 10.6 Å². The molecule has 2 aromatic rings. The molecular weight excluding hydrogens is 408 g/mol. The summed E-state index contributed by atoms with van der Waals surface area (Å²) in [5, 5.41) is 5.55. The Labute approximate surface area is 189 Å². The molecule has 2 rings (SSSR count). The number of carbonyl (C=O) groups is 3. The lowest BCUT2D eigenvalue weighted by Crippen LogP contribution is -2.54. The summed E-state index contributed by atoms with van der Waals surface area (Å²) in [5.41, 5.74) is 1.31. The Morgan fingerprint density at radius 2 is 1.53 bits per heavy atom. The van der Waals surface area contributed by atoms with Gasteiger partial charge in [-0.25, -0.2) is 4.79 Å². The average molecular weight is 441 g/mol. The minimum atomic E-state index is -0.853. The molecule has 2 unspecified atom stereocenters. The van der Waals surface area contributed by atoms with Crippen molar-refractivity contribution < 1.29 is 23.9 Å². The Morgan fingerprint density at radius 1 is 0.875 bits per heavy atom. The van der Waals surface area contributed by atoms with Crippen molar-refractivity contribution in [3.8, 4) is 5.75 Å². The van der Waals surface area contributed by atoms with Gasteiger partial charge in [-0.3, -0.25) is 9.59 Å². The molecule has 32 heavy (non-hydrogen) atoms. The largest absolute Gasteiger partial charge is 0.494 e. The van der Waals surface area contributed by atoms with Crippen molar-refractivity contribution in [2.75, 3.05) is 13.2 Å². The number of hydrogen-bond acceptors (Lipinski definition) is 5. The number of benzene rings is 2. The van der Waals surface area contributed by atoms with Crippen LogP contribution in [0.1, 0.15) is 43.6 Å². The molecule has 0 saturated carbocycles. The number of hydrogen-bond donors (Lipinski definition) is 2. The van der Waals surface area contributed by atoms with Gasteiger partial charge in [-0.1, -0.05) is 44.2 Å². The van der Waals surface area contributed by atoms with E-state index in [0.29, 0.717) is 24.3 Å². The summed E-state index contributed by atoms with van der Waals surface area (Å²) in [5.74, 6) is -0.849. The molecule has 2 amide bonds. The van der Waals surface area contributed by atoms with E-state index in [9.17, 15) is 14.4 Å². The van der Waals surface area contributed by atoms with Crippen molar-refractivity contribution in [1.29, 1.82) is 0 Å². The minimum Gasteiger partial charge on any atom is -0.494 e. The van der Waals surface area contributed by atoms with Crippen LogP contribution in [-0.4, -0.2) is 43.1 Å². The van der Waals surface area contributed by atoms with E-state index in [2.05, 4.69) is 10.6 Å². The van der Waals surface area contributed by atoms with E-state index >= 15 is 0 Å². The van der Waals surface area contributed by atoms with Gasteiger partial charge in [0.25, 0.3) is 5.91 Å². The molecule has 0 bridgehead atoms. The quantitative estimate of drug-likeness (QED) is 0.524. The first-order chi connectivity index (χ1) is 15.3. The van der Waals surface area contributed by atoms with Crippen molar-refractivity contribution in [2.24, 2.45) is 5.92 Å². The van der Waals surface area contributed by atoms with E-state index in [1.807, 2.05) is 51.1 Å². The van der Waals surface area contributed by atoms with Gasteiger partial charge < -0.3 is 20.1 Å². The van der Waals surface area contributed by atoms with Crippen LogP contribution in [0.5, 0.6) is 5.75 Å².